The van der Waals surface area contributed by atoms with Crippen molar-refractivity contribution in [2.75, 3.05) is 30.0 Å². The van der Waals surface area contributed by atoms with Crippen molar-refractivity contribution >= 4 is 50.7 Å². The average molecular weight is 395 g/mol. The van der Waals surface area contributed by atoms with Crippen LogP contribution in [0.25, 0.3) is 0 Å². The van der Waals surface area contributed by atoms with E-state index in [1.54, 1.807) is 17.0 Å². The zero-order chi connectivity index (χ0) is 15.0. The Labute approximate surface area is 141 Å². The fourth-order valence-electron chi connectivity index (χ4n) is 2.71. The number of hydrogen-bond acceptors (Lipinski definition) is 3. The number of fused-ring (bicyclic) bond motifs is 2. The van der Waals surface area contributed by atoms with Crippen LogP contribution in [-0.4, -0.2) is 31.0 Å². The van der Waals surface area contributed by atoms with Gasteiger partial charge in [-0.15, -0.1) is 0 Å². The molecule has 7 heteroatoms. The molecule has 1 aromatic rings. The van der Waals surface area contributed by atoms with E-state index >= 15 is 0 Å². The molecule has 0 bridgehead atoms. The van der Waals surface area contributed by atoms with Crippen molar-refractivity contribution < 1.29 is 14.3 Å². The van der Waals surface area contributed by atoms with Gasteiger partial charge in [0.15, 0.2) is 0 Å². The maximum absolute atomic E-state index is 12.9. The van der Waals surface area contributed by atoms with Gasteiger partial charge in [0.25, 0.3) is 11.7 Å². The van der Waals surface area contributed by atoms with Gasteiger partial charge in [-0.1, -0.05) is 39.1 Å². The zero-order valence-corrected chi connectivity index (χ0v) is 14.3. The fourth-order valence-corrected chi connectivity index (χ4v) is 3.38. The lowest BCUT2D eigenvalue weighted by molar-refractivity contribution is -0.256. The van der Waals surface area contributed by atoms with Gasteiger partial charge in [-0.05, 0) is 25.0 Å². The summed E-state index contributed by atoms with van der Waals surface area (Å²) in [5.41, 5.74) is 1.26. The second-order valence-corrected chi connectivity index (χ2v) is 6.50. The number of hydrogen-bond donors (Lipinski definition) is 0. The SMILES string of the molecule is O=C1N(CCCBr)c2c(ccc(Cl)c2Cl)C12OCCCO2. The normalized spacial score (nSPS) is 20.1. The molecule has 1 fully saturated rings. The van der Waals surface area contributed by atoms with Gasteiger partial charge in [0.1, 0.15) is 0 Å². The van der Waals surface area contributed by atoms with Crippen molar-refractivity contribution in [2.24, 2.45) is 0 Å². The first-order valence-corrected chi connectivity index (χ1v) is 8.64. The summed E-state index contributed by atoms with van der Waals surface area (Å²) in [4.78, 5) is 14.5. The highest BCUT2D eigenvalue weighted by Crippen LogP contribution is 2.50. The number of carbonyl (C=O) groups is 1. The molecule has 0 atom stereocenters. The average Bonchev–Trinajstić information content (AvgIpc) is 2.72. The number of rotatable bonds is 3. The molecule has 0 saturated carbocycles. The van der Waals surface area contributed by atoms with Crippen LogP contribution in [0, 0.1) is 0 Å². The van der Waals surface area contributed by atoms with Gasteiger partial charge in [-0.25, -0.2) is 0 Å². The van der Waals surface area contributed by atoms with E-state index in [0.29, 0.717) is 41.1 Å². The van der Waals surface area contributed by atoms with Crippen LogP contribution in [0.15, 0.2) is 12.1 Å². The van der Waals surface area contributed by atoms with Crippen molar-refractivity contribution in [3.63, 3.8) is 0 Å². The van der Waals surface area contributed by atoms with Crippen molar-refractivity contribution in [2.45, 2.75) is 18.6 Å². The smallest absolute Gasteiger partial charge is 0.292 e. The topological polar surface area (TPSA) is 38.8 Å². The largest absolute Gasteiger partial charge is 0.338 e. The molecule has 2 aliphatic heterocycles. The molecule has 1 amide bonds. The molecule has 0 radical (unpaired) electrons. The Bertz CT molecular complexity index is 576. The van der Waals surface area contributed by atoms with Crippen molar-refractivity contribution in [1.82, 2.24) is 0 Å². The molecule has 4 nitrogen and oxygen atoms in total. The van der Waals surface area contributed by atoms with Gasteiger partial charge in [0.2, 0.25) is 0 Å². The van der Waals surface area contributed by atoms with E-state index in [0.717, 1.165) is 18.2 Å². The van der Waals surface area contributed by atoms with Gasteiger partial charge in [-0.3, -0.25) is 4.79 Å². The third kappa shape index (κ3) is 2.39. The van der Waals surface area contributed by atoms with E-state index in [9.17, 15) is 4.79 Å². The molecule has 0 unspecified atom stereocenters. The molecular formula is C14H14BrCl2NO3. The number of benzene rings is 1. The molecular weight excluding hydrogens is 381 g/mol. The molecule has 0 aromatic heterocycles. The quantitative estimate of drug-likeness (QED) is 0.733. The second kappa shape index (κ2) is 6.05. The Morgan fingerprint density at radius 3 is 2.67 bits per heavy atom. The molecule has 1 aromatic carbocycles. The van der Waals surface area contributed by atoms with Crippen LogP contribution in [0.3, 0.4) is 0 Å². The number of alkyl halides is 1. The maximum Gasteiger partial charge on any atom is 0.292 e. The summed E-state index contributed by atoms with van der Waals surface area (Å²) in [5.74, 6) is -1.57. The fraction of sp³-hybridized carbons (Fsp3) is 0.500. The lowest BCUT2D eigenvalue weighted by Crippen LogP contribution is -2.47. The Hall–Kier alpha value is -0.330. The van der Waals surface area contributed by atoms with Crippen LogP contribution in [0.1, 0.15) is 18.4 Å². The zero-order valence-electron chi connectivity index (χ0n) is 11.2. The van der Waals surface area contributed by atoms with Crippen molar-refractivity contribution in [3.05, 3.63) is 27.7 Å². The van der Waals surface area contributed by atoms with Crippen molar-refractivity contribution in [3.8, 4) is 0 Å². The monoisotopic (exact) mass is 393 g/mol. The number of amides is 1. The third-order valence-corrected chi connectivity index (χ3v) is 4.99. The molecule has 1 spiro atoms. The lowest BCUT2D eigenvalue weighted by atomic mass is 10.1. The van der Waals surface area contributed by atoms with E-state index in [1.165, 1.54) is 0 Å². The number of anilines is 1. The van der Waals surface area contributed by atoms with Crippen molar-refractivity contribution in [1.29, 1.82) is 0 Å². The van der Waals surface area contributed by atoms with E-state index < -0.39 is 5.79 Å². The van der Waals surface area contributed by atoms with E-state index in [1.807, 2.05) is 0 Å². The molecule has 1 saturated heterocycles. The van der Waals surface area contributed by atoms with Crippen LogP contribution < -0.4 is 4.90 Å². The van der Waals surface area contributed by atoms with E-state index in [-0.39, 0.29) is 5.91 Å². The van der Waals surface area contributed by atoms with E-state index in [4.69, 9.17) is 32.7 Å². The summed E-state index contributed by atoms with van der Waals surface area (Å²) in [5, 5.41) is 1.57. The Morgan fingerprint density at radius 1 is 1.29 bits per heavy atom. The Balaban J connectivity index is 2.11. The first kappa shape index (κ1) is 15.6. The lowest BCUT2D eigenvalue weighted by Gasteiger charge is -2.32. The first-order chi connectivity index (χ1) is 10.1. The minimum atomic E-state index is -1.35. The number of halogens is 3. The summed E-state index contributed by atoms with van der Waals surface area (Å²) in [6, 6.07) is 3.44. The van der Waals surface area contributed by atoms with Crippen LogP contribution in [0.2, 0.25) is 10.0 Å². The van der Waals surface area contributed by atoms with Gasteiger partial charge in [-0.2, -0.15) is 0 Å². The highest BCUT2D eigenvalue weighted by Gasteiger charge is 2.55. The summed E-state index contributed by atoms with van der Waals surface area (Å²) < 4.78 is 11.5. The number of nitrogens with zero attached hydrogens (tertiary/aromatic N) is 1. The molecule has 21 heavy (non-hydrogen) atoms. The van der Waals surface area contributed by atoms with Gasteiger partial charge >= 0.3 is 0 Å². The molecule has 0 N–H and O–H groups in total. The minimum absolute atomic E-state index is 0.220. The highest BCUT2D eigenvalue weighted by molar-refractivity contribution is 9.09. The highest BCUT2D eigenvalue weighted by atomic mass is 79.9. The summed E-state index contributed by atoms with van der Waals surface area (Å²) >= 11 is 15.8. The molecule has 3 rings (SSSR count). The van der Waals surface area contributed by atoms with Crippen LogP contribution in [0.4, 0.5) is 5.69 Å². The predicted octanol–water partition coefficient (Wildman–Crippen LogP) is 3.71. The summed E-state index contributed by atoms with van der Waals surface area (Å²) in [7, 11) is 0. The molecule has 2 aliphatic rings. The summed E-state index contributed by atoms with van der Waals surface area (Å²) in [6.07, 6.45) is 1.57. The second-order valence-electron chi connectivity index (χ2n) is 4.92. The van der Waals surface area contributed by atoms with E-state index in [2.05, 4.69) is 15.9 Å². The van der Waals surface area contributed by atoms with Gasteiger partial charge < -0.3 is 14.4 Å². The predicted molar refractivity (Wildman–Crippen MR) is 85.4 cm³/mol. The molecule has 0 aliphatic carbocycles. The van der Waals surface area contributed by atoms with Gasteiger partial charge in [0.05, 0.1) is 28.9 Å². The summed E-state index contributed by atoms with van der Waals surface area (Å²) in [6.45, 7) is 1.50. The third-order valence-electron chi connectivity index (χ3n) is 3.63. The Kier molecular flexibility index (Phi) is 4.48. The van der Waals surface area contributed by atoms with Crippen LogP contribution >= 0.6 is 39.1 Å². The number of ether oxygens (including phenoxy) is 2. The Morgan fingerprint density at radius 2 is 2.00 bits per heavy atom. The minimum Gasteiger partial charge on any atom is -0.338 e. The first-order valence-electron chi connectivity index (χ1n) is 6.76. The van der Waals surface area contributed by atoms with Gasteiger partial charge in [0, 0.05) is 17.4 Å². The number of carbonyl (C=O) groups excluding carboxylic acids is 1. The molecule has 2 heterocycles. The van der Waals surface area contributed by atoms with Crippen LogP contribution in [-0.2, 0) is 20.1 Å². The van der Waals surface area contributed by atoms with Crippen LogP contribution in [0.5, 0.6) is 0 Å². The maximum atomic E-state index is 12.9. The standard InChI is InChI=1S/C14H14BrCl2NO3/c15-5-1-6-18-12-9(3-4-10(16)11(12)17)14(13(18)19)20-7-2-8-21-14/h3-4H,1-2,5-8H2. The molecule has 114 valence electrons.